The summed E-state index contributed by atoms with van der Waals surface area (Å²) in [6, 6.07) is 15.4. The van der Waals surface area contributed by atoms with Crippen molar-refractivity contribution in [1.82, 2.24) is 0 Å². The van der Waals surface area contributed by atoms with Gasteiger partial charge in [-0.05, 0) is 24.1 Å². The lowest BCUT2D eigenvalue weighted by atomic mass is 9.86. The van der Waals surface area contributed by atoms with Crippen LogP contribution < -0.4 is 9.47 Å². The van der Waals surface area contributed by atoms with E-state index in [-0.39, 0.29) is 11.4 Å². The highest BCUT2D eigenvalue weighted by molar-refractivity contribution is 6.32. The van der Waals surface area contributed by atoms with Gasteiger partial charge >= 0.3 is 5.97 Å². The fourth-order valence-corrected chi connectivity index (χ4v) is 2.62. The Morgan fingerprint density at radius 1 is 1.08 bits per heavy atom. The van der Waals surface area contributed by atoms with E-state index in [1.54, 1.807) is 18.2 Å². The summed E-state index contributed by atoms with van der Waals surface area (Å²) in [7, 11) is 0. The minimum Gasteiger partial charge on any atom is -0.489 e. The molecule has 3 nitrogen and oxygen atoms in total. The molecular formula is C21H25ClO3. The van der Waals surface area contributed by atoms with Crippen molar-refractivity contribution in [2.75, 3.05) is 6.61 Å². The minimum atomic E-state index is -0.290. The van der Waals surface area contributed by atoms with Gasteiger partial charge in [-0.3, -0.25) is 4.79 Å². The number of para-hydroxylation sites is 1. The molecule has 0 aliphatic rings. The molecule has 0 saturated carbocycles. The average molecular weight is 361 g/mol. The first-order chi connectivity index (χ1) is 11.9. The van der Waals surface area contributed by atoms with Crippen LogP contribution in [-0.2, 0) is 10.2 Å². The van der Waals surface area contributed by atoms with Crippen molar-refractivity contribution < 1.29 is 14.3 Å². The molecule has 0 aliphatic carbocycles. The van der Waals surface area contributed by atoms with E-state index in [1.807, 2.05) is 25.1 Å². The largest absolute Gasteiger partial charge is 0.489 e. The van der Waals surface area contributed by atoms with Gasteiger partial charge in [0.25, 0.3) is 0 Å². The van der Waals surface area contributed by atoms with Crippen LogP contribution in [0.2, 0.25) is 5.02 Å². The molecule has 0 amide bonds. The van der Waals surface area contributed by atoms with Gasteiger partial charge in [-0.2, -0.15) is 0 Å². The molecule has 0 N–H and O–H groups in total. The summed E-state index contributed by atoms with van der Waals surface area (Å²) in [4.78, 5) is 12.0. The molecule has 0 unspecified atom stereocenters. The third-order valence-electron chi connectivity index (χ3n) is 4.02. The van der Waals surface area contributed by atoms with Crippen LogP contribution in [0.15, 0.2) is 48.5 Å². The lowest BCUT2D eigenvalue weighted by Crippen LogP contribution is -2.26. The lowest BCUT2D eigenvalue weighted by Gasteiger charge is -2.26. The summed E-state index contributed by atoms with van der Waals surface area (Å²) in [5.74, 6) is 0.498. The summed E-state index contributed by atoms with van der Waals surface area (Å²) in [5.41, 5.74) is 0.992. The number of hydrogen-bond acceptors (Lipinski definition) is 3. The van der Waals surface area contributed by atoms with Gasteiger partial charge in [0.15, 0.2) is 11.5 Å². The van der Waals surface area contributed by atoms with Crippen LogP contribution in [0, 0.1) is 0 Å². The fourth-order valence-electron chi connectivity index (χ4n) is 2.42. The quantitative estimate of drug-likeness (QED) is 0.441. The molecule has 0 aromatic heterocycles. The molecule has 0 radical (unpaired) electrons. The van der Waals surface area contributed by atoms with Crippen LogP contribution in [0.4, 0.5) is 0 Å². The second-order valence-electron chi connectivity index (χ2n) is 6.68. The molecule has 0 saturated heterocycles. The first-order valence-corrected chi connectivity index (χ1v) is 8.99. The van der Waals surface area contributed by atoms with Gasteiger partial charge in [0, 0.05) is 11.8 Å². The van der Waals surface area contributed by atoms with Crippen molar-refractivity contribution in [3.63, 3.8) is 0 Å². The number of hydrogen-bond donors (Lipinski definition) is 0. The van der Waals surface area contributed by atoms with Crippen LogP contribution in [-0.4, -0.2) is 12.6 Å². The van der Waals surface area contributed by atoms with Gasteiger partial charge in [-0.15, -0.1) is 0 Å². The second kappa shape index (κ2) is 8.91. The van der Waals surface area contributed by atoms with E-state index in [4.69, 9.17) is 21.1 Å². The Labute approximate surface area is 154 Å². The summed E-state index contributed by atoms with van der Waals surface area (Å²) < 4.78 is 11.4. The molecule has 0 heterocycles. The zero-order valence-electron chi connectivity index (χ0n) is 15.0. The summed E-state index contributed by atoms with van der Waals surface area (Å²) >= 11 is 6.22. The third-order valence-corrected chi connectivity index (χ3v) is 4.32. The van der Waals surface area contributed by atoms with Crippen molar-refractivity contribution in [3.05, 3.63) is 59.1 Å². The first-order valence-electron chi connectivity index (χ1n) is 8.61. The Morgan fingerprint density at radius 3 is 2.48 bits per heavy atom. The molecule has 2 aromatic carbocycles. The summed E-state index contributed by atoms with van der Waals surface area (Å²) in [5, 5.41) is 0.375. The summed E-state index contributed by atoms with van der Waals surface area (Å²) in [6.07, 6.45) is 2.10. The van der Waals surface area contributed by atoms with Gasteiger partial charge in [0.2, 0.25) is 0 Å². The molecule has 0 spiro atoms. The maximum absolute atomic E-state index is 12.0. The Balaban J connectivity index is 2.11. The molecule has 0 bridgehead atoms. The van der Waals surface area contributed by atoms with Crippen molar-refractivity contribution >= 4 is 17.6 Å². The molecule has 134 valence electrons. The van der Waals surface area contributed by atoms with Crippen LogP contribution in [0.1, 0.15) is 45.6 Å². The van der Waals surface area contributed by atoms with E-state index in [2.05, 4.69) is 26.0 Å². The highest BCUT2D eigenvalue weighted by Gasteiger charge is 2.23. The fraction of sp³-hybridized carbons (Fsp3) is 0.381. The number of halogens is 1. The van der Waals surface area contributed by atoms with Crippen molar-refractivity contribution in [1.29, 1.82) is 0 Å². The highest BCUT2D eigenvalue weighted by Crippen LogP contribution is 2.36. The van der Waals surface area contributed by atoms with Crippen LogP contribution >= 0.6 is 11.6 Å². The molecule has 0 fully saturated rings. The number of carbonyl (C=O) groups excluding carboxylic acids is 1. The number of unbranched alkanes of at least 4 members (excludes halogenated alkanes) is 1. The van der Waals surface area contributed by atoms with Gasteiger partial charge in [0.1, 0.15) is 0 Å². The Morgan fingerprint density at radius 2 is 1.80 bits per heavy atom. The topological polar surface area (TPSA) is 35.5 Å². The number of benzene rings is 2. The average Bonchev–Trinajstić information content (AvgIpc) is 2.61. The normalized spacial score (nSPS) is 11.2. The van der Waals surface area contributed by atoms with Crippen molar-refractivity contribution in [3.8, 4) is 11.5 Å². The minimum absolute atomic E-state index is 0.187. The van der Waals surface area contributed by atoms with E-state index in [9.17, 15) is 4.79 Å². The molecule has 0 atom stereocenters. The van der Waals surface area contributed by atoms with Gasteiger partial charge < -0.3 is 9.47 Å². The molecule has 25 heavy (non-hydrogen) atoms. The smallest absolute Gasteiger partial charge is 0.311 e. The predicted molar refractivity (Wildman–Crippen MR) is 102 cm³/mol. The standard InChI is InChI=1S/C21H25ClO3/c1-4-5-14-19(23)25-20-17(22)12-9-13-18(20)24-15-21(2,3)16-10-7-6-8-11-16/h6-13H,4-5,14-15H2,1-3H3. The third kappa shape index (κ3) is 5.50. The number of carbonyl (C=O) groups is 1. The van der Waals surface area contributed by atoms with E-state index in [0.717, 1.165) is 12.8 Å². The van der Waals surface area contributed by atoms with Crippen LogP contribution in [0.3, 0.4) is 0 Å². The van der Waals surface area contributed by atoms with Crippen molar-refractivity contribution in [2.45, 2.75) is 45.4 Å². The first kappa shape index (κ1) is 19.3. The second-order valence-corrected chi connectivity index (χ2v) is 7.09. The molecule has 2 rings (SSSR count). The zero-order valence-corrected chi connectivity index (χ0v) is 15.8. The van der Waals surface area contributed by atoms with E-state index < -0.39 is 0 Å². The Bertz CT molecular complexity index is 696. The lowest BCUT2D eigenvalue weighted by molar-refractivity contribution is -0.134. The van der Waals surface area contributed by atoms with Gasteiger partial charge in [-0.1, -0.05) is 75.2 Å². The predicted octanol–water partition coefficient (Wildman–Crippen LogP) is 5.79. The molecule has 0 aliphatic heterocycles. The van der Waals surface area contributed by atoms with Crippen LogP contribution in [0.25, 0.3) is 0 Å². The highest BCUT2D eigenvalue weighted by atomic mass is 35.5. The SMILES string of the molecule is CCCCC(=O)Oc1c(Cl)cccc1OCC(C)(C)c1ccccc1. The molecule has 4 heteroatoms. The van der Waals surface area contributed by atoms with Crippen LogP contribution in [0.5, 0.6) is 11.5 Å². The summed E-state index contributed by atoms with van der Waals surface area (Å²) in [6.45, 7) is 6.69. The number of rotatable bonds is 8. The van der Waals surface area contributed by atoms with E-state index >= 15 is 0 Å². The van der Waals surface area contributed by atoms with Gasteiger partial charge in [0.05, 0.1) is 11.6 Å². The maximum atomic E-state index is 12.0. The molecule has 2 aromatic rings. The van der Waals surface area contributed by atoms with E-state index in [0.29, 0.717) is 29.5 Å². The number of ether oxygens (including phenoxy) is 2. The van der Waals surface area contributed by atoms with Crippen molar-refractivity contribution in [2.24, 2.45) is 0 Å². The zero-order chi connectivity index (χ0) is 18.3. The van der Waals surface area contributed by atoms with E-state index in [1.165, 1.54) is 5.56 Å². The Kier molecular flexibility index (Phi) is 6.89. The Hall–Kier alpha value is -2.00. The molecular weight excluding hydrogens is 336 g/mol. The maximum Gasteiger partial charge on any atom is 0.311 e. The number of esters is 1. The van der Waals surface area contributed by atoms with Gasteiger partial charge in [-0.25, -0.2) is 0 Å². The monoisotopic (exact) mass is 360 g/mol.